The van der Waals surface area contributed by atoms with E-state index in [0.29, 0.717) is 18.5 Å². The number of nitrogens with zero attached hydrogens (tertiary/aromatic N) is 2. The fraction of sp³-hybridized carbons (Fsp3) is 0.500. The molecule has 0 aliphatic heterocycles. The van der Waals surface area contributed by atoms with E-state index in [-0.39, 0.29) is 17.0 Å². The largest absolute Gasteiger partial charge is 0.481 e. The summed E-state index contributed by atoms with van der Waals surface area (Å²) in [6.07, 6.45) is 1.84. The third kappa shape index (κ3) is 3.20. The number of carboxylic acids is 1. The molecule has 2 N–H and O–H groups in total. The molecule has 0 bridgehead atoms. The maximum absolute atomic E-state index is 12.1. The number of hydrogen-bond acceptors (Lipinski definition) is 4. The summed E-state index contributed by atoms with van der Waals surface area (Å²) in [5.74, 6) is -2.32. The molecule has 1 amide bonds. The van der Waals surface area contributed by atoms with Gasteiger partial charge in [0.15, 0.2) is 0 Å². The third-order valence-corrected chi connectivity index (χ3v) is 3.42. The van der Waals surface area contributed by atoms with Crippen LogP contribution in [0, 0.1) is 18.8 Å². The van der Waals surface area contributed by atoms with Crippen LogP contribution in [0.25, 0.3) is 0 Å². The maximum Gasteiger partial charge on any atom is 0.307 e. The van der Waals surface area contributed by atoms with Crippen molar-refractivity contribution in [2.45, 2.75) is 26.2 Å². The van der Waals surface area contributed by atoms with Crippen LogP contribution in [0.3, 0.4) is 0 Å². The smallest absolute Gasteiger partial charge is 0.307 e. The number of nitrogens with one attached hydrogen (secondary N) is 1. The zero-order valence-corrected chi connectivity index (χ0v) is 11.1. The average Bonchev–Trinajstić information content (AvgIpc) is 2.75. The van der Waals surface area contributed by atoms with Gasteiger partial charge in [0.1, 0.15) is 5.15 Å². The highest BCUT2D eigenvalue weighted by Gasteiger charge is 2.37. The van der Waals surface area contributed by atoms with Crippen LogP contribution in [0.15, 0.2) is 6.07 Å². The van der Waals surface area contributed by atoms with Crippen LogP contribution in [-0.2, 0) is 9.59 Å². The molecule has 1 aliphatic carbocycles. The van der Waals surface area contributed by atoms with Crippen LogP contribution in [-0.4, -0.2) is 27.0 Å². The molecular formula is C12H14ClN3O3. The van der Waals surface area contributed by atoms with E-state index in [1.54, 1.807) is 13.0 Å². The summed E-state index contributed by atoms with van der Waals surface area (Å²) in [5, 5.41) is 11.8. The van der Waals surface area contributed by atoms with Crippen molar-refractivity contribution in [3.8, 4) is 0 Å². The number of aromatic nitrogens is 2. The molecule has 6 nitrogen and oxygen atoms in total. The highest BCUT2D eigenvalue weighted by molar-refractivity contribution is 6.29. The Balaban J connectivity index is 2.10. The Labute approximate surface area is 115 Å². The van der Waals surface area contributed by atoms with Gasteiger partial charge in [0.05, 0.1) is 11.8 Å². The standard InChI is InChI=1S/C12H14ClN3O3/c1-6-5-9(13)15-12(14-6)16-10(17)7-3-2-4-8(7)11(18)19/h5,7-8H,2-4H2,1H3,(H,18,19)(H,14,15,16,17)/t7-,8+/m1/s1. The lowest BCUT2D eigenvalue weighted by molar-refractivity contribution is -0.145. The number of hydrogen-bond donors (Lipinski definition) is 2. The second-order valence-corrected chi connectivity index (χ2v) is 5.01. The Hall–Kier alpha value is -1.69. The van der Waals surface area contributed by atoms with E-state index in [4.69, 9.17) is 16.7 Å². The summed E-state index contributed by atoms with van der Waals surface area (Å²) >= 11 is 5.78. The summed E-state index contributed by atoms with van der Waals surface area (Å²) < 4.78 is 0. The molecular weight excluding hydrogens is 270 g/mol. The molecule has 2 atom stereocenters. The van der Waals surface area contributed by atoms with Gasteiger partial charge in [0, 0.05) is 5.69 Å². The molecule has 1 saturated carbocycles. The fourth-order valence-corrected chi connectivity index (χ4v) is 2.60. The third-order valence-electron chi connectivity index (χ3n) is 3.23. The second kappa shape index (κ2) is 5.52. The van der Waals surface area contributed by atoms with Crippen molar-refractivity contribution >= 4 is 29.4 Å². The summed E-state index contributed by atoms with van der Waals surface area (Å²) in [7, 11) is 0. The first-order chi connectivity index (χ1) is 8.97. The molecule has 19 heavy (non-hydrogen) atoms. The van der Waals surface area contributed by atoms with Gasteiger partial charge in [-0.05, 0) is 25.8 Å². The van der Waals surface area contributed by atoms with E-state index in [0.717, 1.165) is 6.42 Å². The lowest BCUT2D eigenvalue weighted by Gasteiger charge is -2.14. The number of aliphatic carboxylic acids is 1. The van der Waals surface area contributed by atoms with Gasteiger partial charge in [-0.3, -0.25) is 14.9 Å². The number of carbonyl (C=O) groups excluding carboxylic acids is 1. The van der Waals surface area contributed by atoms with Crippen molar-refractivity contribution in [2.75, 3.05) is 5.32 Å². The van der Waals surface area contributed by atoms with E-state index in [9.17, 15) is 9.59 Å². The Morgan fingerprint density at radius 2 is 2.05 bits per heavy atom. The van der Waals surface area contributed by atoms with Crippen LogP contribution in [0.4, 0.5) is 5.95 Å². The van der Waals surface area contributed by atoms with E-state index >= 15 is 0 Å². The molecule has 2 rings (SSSR count). The van der Waals surface area contributed by atoms with Crippen molar-refractivity contribution in [1.82, 2.24) is 9.97 Å². The maximum atomic E-state index is 12.1. The number of carboxylic acid groups (broad SMARTS) is 1. The molecule has 102 valence electrons. The number of rotatable bonds is 3. The van der Waals surface area contributed by atoms with Crippen molar-refractivity contribution in [1.29, 1.82) is 0 Å². The minimum absolute atomic E-state index is 0.117. The molecule has 1 aliphatic rings. The van der Waals surface area contributed by atoms with Gasteiger partial charge in [-0.25, -0.2) is 9.97 Å². The average molecular weight is 284 g/mol. The first-order valence-corrected chi connectivity index (χ1v) is 6.40. The Kier molecular flexibility index (Phi) is 3.99. The minimum atomic E-state index is -0.930. The van der Waals surface area contributed by atoms with Gasteiger partial charge in [-0.1, -0.05) is 18.0 Å². The lowest BCUT2D eigenvalue weighted by Crippen LogP contribution is -2.30. The predicted octanol–water partition coefficient (Wildman–Crippen LogP) is 1.88. The van der Waals surface area contributed by atoms with Crippen LogP contribution in [0.2, 0.25) is 5.15 Å². The first-order valence-electron chi connectivity index (χ1n) is 6.02. The topological polar surface area (TPSA) is 92.2 Å². The quantitative estimate of drug-likeness (QED) is 0.826. The molecule has 1 aromatic rings. The Morgan fingerprint density at radius 1 is 1.37 bits per heavy atom. The summed E-state index contributed by atoms with van der Waals surface area (Å²) in [5.41, 5.74) is 0.636. The first kappa shape index (κ1) is 13.7. The molecule has 0 saturated heterocycles. The van der Waals surface area contributed by atoms with Gasteiger partial charge in [0.25, 0.3) is 0 Å². The number of anilines is 1. The van der Waals surface area contributed by atoms with E-state index in [2.05, 4.69) is 15.3 Å². The number of carbonyl (C=O) groups is 2. The van der Waals surface area contributed by atoms with E-state index in [1.165, 1.54) is 0 Å². The normalized spacial score (nSPS) is 22.2. The molecule has 1 heterocycles. The van der Waals surface area contributed by atoms with Gasteiger partial charge < -0.3 is 5.11 Å². The van der Waals surface area contributed by atoms with Crippen molar-refractivity contribution < 1.29 is 14.7 Å². The monoisotopic (exact) mass is 283 g/mol. The zero-order valence-electron chi connectivity index (χ0n) is 10.4. The van der Waals surface area contributed by atoms with Crippen molar-refractivity contribution in [3.05, 3.63) is 16.9 Å². The number of aryl methyl sites for hydroxylation is 1. The molecule has 0 radical (unpaired) electrons. The van der Waals surface area contributed by atoms with Gasteiger partial charge >= 0.3 is 5.97 Å². The number of halogens is 1. The zero-order chi connectivity index (χ0) is 14.0. The van der Waals surface area contributed by atoms with Crippen LogP contribution in [0.5, 0.6) is 0 Å². The summed E-state index contributed by atoms with van der Waals surface area (Å²) in [6, 6.07) is 1.58. The van der Waals surface area contributed by atoms with Gasteiger partial charge in [-0.2, -0.15) is 0 Å². The summed E-state index contributed by atoms with van der Waals surface area (Å²) in [6.45, 7) is 1.73. The summed E-state index contributed by atoms with van der Waals surface area (Å²) in [4.78, 5) is 31.0. The lowest BCUT2D eigenvalue weighted by atomic mass is 9.95. The predicted molar refractivity (Wildman–Crippen MR) is 68.9 cm³/mol. The fourth-order valence-electron chi connectivity index (χ4n) is 2.36. The van der Waals surface area contributed by atoms with Crippen molar-refractivity contribution in [2.24, 2.45) is 11.8 Å². The van der Waals surface area contributed by atoms with Crippen LogP contribution in [0.1, 0.15) is 25.0 Å². The molecule has 7 heteroatoms. The van der Waals surface area contributed by atoms with Crippen LogP contribution < -0.4 is 5.32 Å². The molecule has 0 spiro atoms. The molecule has 1 aromatic heterocycles. The van der Waals surface area contributed by atoms with Gasteiger partial charge in [0.2, 0.25) is 11.9 Å². The SMILES string of the molecule is Cc1cc(Cl)nc(NC(=O)[C@@H]2CCC[C@@H]2C(=O)O)n1. The molecule has 0 unspecified atom stereocenters. The Morgan fingerprint density at radius 3 is 2.68 bits per heavy atom. The number of amides is 1. The van der Waals surface area contributed by atoms with Crippen molar-refractivity contribution in [3.63, 3.8) is 0 Å². The highest BCUT2D eigenvalue weighted by atomic mass is 35.5. The molecule has 0 aromatic carbocycles. The Bertz CT molecular complexity index is 501. The second-order valence-electron chi connectivity index (χ2n) is 4.63. The molecule has 1 fully saturated rings. The van der Waals surface area contributed by atoms with Gasteiger partial charge in [-0.15, -0.1) is 0 Å². The van der Waals surface area contributed by atoms with Crippen LogP contribution >= 0.6 is 11.6 Å². The van der Waals surface area contributed by atoms with E-state index in [1.807, 2.05) is 0 Å². The minimum Gasteiger partial charge on any atom is -0.481 e. The highest BCUT2D eigenvalue weighted by Crippen LogP contribution is 2.32. The van der Waals surface area contributed by atoms with E-state index < -0.39 is 17.8 Å².